The van der Waals surface area contributed by atoms with E-state index in [-0.39, 0.29) is 13.2 Å². The Morgan fingerprint density at radius 3 is 2.86 bits per heavy atom. The van der Waals surface area contributed by atoms with Crippen LogP contribution in [0.3, 0.4) is 0 Å². The Labute approximate surface area is 123 Å². The Kier molecular flexibility index (Phi) is 3.62. The monoisotopic (exact) mass is 283 g/mol. The second-order valence-electron chi connectivity index (χ2n) is 5.05. The minimum atomic E-state index is -0.00897. The first-order valence-corrected chi connectivity index (χ1v) is 6.85. The molecule has 0 saturated carbocycles. The van der Waals surface area contributed by atoms with Crippen LogP contribution < -0.4 is 4.74 Å². The molecule has 0 saturated heterocycles. The molecule has 0 aliphatic heterocycles. The van der Waals surface area contributed by atoms with Crippen molar-refractivity contribution in [3.8, 4) is 5.75 Å². The van der Waals surface area contributed by atoms with E-state index in [9.17, 15) is 0 Å². The number of oxazole rings is 1. The molecule has 0 amide bonds. The van der Waals surface area contributed by atoms with E-state index in [4.69, 9.17) is 14.3 Å². The van der Waals surface area contributed by atoms with Crippen molar-refractivity contribution >= 4 is 11.1 Å². The average Bonchev–Trinajstić information content (AvgIpc) is 2.90. The summed E-state index contributed by atoms with van der Waals surface area (Å²) in [5.74, 6) is 1.37. The van der Waals surface area contributed by atoms with Gasteiger partial charge in [0, 0.05) is 0 Å². The van der Waals surface area contributed by atoms with Crippen LogP contribution in [0.4, 0.5) is 0 Å². The first-order valence-electron chi connectivity index (χ1n) is 6.85. The van der Waals surface area contributed by atoms with E-state index in [0.717, 1.165) is 22.4 Å². The molecule has 4 nitrogen and oxygen atoms in total. The number of benzene rings is 2. The summed E-state index contributed by atoms with van der Waals surface area (Å²) in [6.45, 7) is 4.36. The van der Waals surface area contributed by atoms with E-state index in [2.05, 4.69) is 18.0 Å². The highest BCUT2D eigenvalue weighted by atomic mass is 16.5. The fraction of sp³-hybridized carbons (Fsp3) is 0.235. The van der Waals surface area contributed by atoms with Crippen molar-refractivity contribution in [3.05, 3.63) is 59.0 Å². The van der Waals surface area contributed by atoms with Crippen molar-refractivity contribution in [2.45, 2.75) is 27.1 Å². The van der Waals surface area contributed by atoms with Crippen LogP contribution in [-0.4, -0.2) is 10.1 Å². The molecule has 4 heteroatoms. The van der Waals surface area contributed by atoms with Gasteiger partial charge in [0.25, 0.3) is 0 Å². The van der Waals surface area contributed by atoms with Crippen LogP contribution in [-0.2, 0) is 13.2 Å². The summed E-state index contributed by atoms with van der Waals surface area (Å²) in [6.07, 6.45) is 0. The number of aromatic nitrogens is 1. The zero-order valence-electron chi connectivity index (χ0n) is 12.1. The van der Waals surface area contributed by atoms with Gasteiger partial charge in [-0.1, -0.05) is 18.2 Å². The standard InChI is InChI=1S/C17H17NO3/c1-11-4-3-5-15(12(11)2)20-10-17-18-14-7-6-13(9-19)8-16(14)21-17/h3-8,19H,9-10H2,1-2H3. The van der Waals surface area contributed by atoms with Crippen molar-refractivity contribution in [2.24, 2.45) is 0 Å². The Bertz CT molecular complexity index is 777. The van der Waals surface area contributed by atoms with Crippen LogP contribution in [0.15, 0.2) is 40.8 Å². The molecule has 0 bridgehead atoms. The molecule has 0 unspecified atom stereocenters. The molecule has 2 aromatic carbocycles. The van der Waals surface area contributed by atoms with Gasteiger partial charge in [-0.25, -0.2) is 4.98 Å². The van der Waals surface area contributed by atoms with Gasteiger partial charge in [0.1, 0.15) is 11.3 Å². The lowest BCUT2D eigenvalue weighted by Gasteiger charge is -2.08. The van der Waals surface area contributed by atoms with Crippen LogP contribution in [0.1, 0.15) is 22.6 Å². The third-order valence-corrected chi connectivity index (χ3v) is 3.59. The molecule has 1 N–H and O–H groups in total. The molecule has 108 valence electrons. The SMILES string of the molecule is Cc1cccc(OCc2nc3ccc(CO)cc3o2)c1C. The fourth-order valence-electron chi connectivity index (χ4n) is 2.20. The van der Waals surface area contributed by atoms with E-state index in [0.29, 0.717) is 11.5 Å². The maximum absolute atomic E-state index is 9.13. The smallest absolute Gasteiger partial charge is 0.233 e. The number of aryl methyl sites for hydroxylation is 1. The lowest BCUT2D eigenvalue weighted by atomic mass is 10.1. The molecule has 1 aromatic heterocycles. The van der Waals surface area contributed by atoms with Crippen molar-refractivity contribution in [2.75, 3.05) is 0 Å². The largest absolute Gasteiger partial charge is 0.484 e. The number of fused-ring (bicyclic) bond motifs is 1. The number of hydrogen-bond donors (Lipinski definition) is 1. The van der Waals surface area contributed by atoms with Crippen LogP contribution in [0.25, 0.3) is 11.1 Å². The minimum absolute atomic E-state index is 0.00897. The highest BCUT2D eigenvalue weighted by Crippen LogP contribution is 2.23. The molecule has 0 aliphatic rings. The zero-order chi connectivity index (χ0) is 14.8. The molecule has 0 spiro atoms. The number of rotatable bonds is 4. The number of aliphatic hydroxyl groups is 1. The number of ether oxygens (including phenoxy) is 1. The molecule has 0 atom stereocenters. The fourth-order valence-corrected chi connectivity index (χ4v) is 2.20. The maximum atomic E-state index is 9.13. The third-order valence-electron chi connectivity index (χ3n) is 3.59. The topological polar surface area (TPSA) is 55.5 Å². The minimum Gasteiger partial charge on any atom is -0.484 e. The second kappa shape index (κ2) is 5.58. The van der Waals surface area contributed by atoms with E-state index >= 15 is 0 Å². The summed E-state index contributed by atoms with van der Waals surface area (Å²) >= 11 is 0. The molecule has 0 radical (unpaired) electrons. The van der Waals surface area contributed by atoms with Crippen LogP contribution in [0, 0.1) is 13.8 Å². The number of aliphatic hydroxyl groups excluding tert-OH is 1. The highest BCUT2D eigenvalue weighted by molar-refractivity contribution is 5.73. The van der Waals surface area contributed by atoms with Gasteiger partial charge in [0.2, 0.25) is 5.89 Å². The Hall–Kier alpha value is -2.33. The van der Waals surface area contributed by atoms with Crippen molar-refractivity contribution in [1.29, 1.82) is 0 Å². The first-order chi connectivity index (χ1) is 10.2. The molecule has 21 heavy (non-hydrogen) atoms. The second-order valence-corrected chi connectivity index (χ2v) is 5.05. The average molecular weight is 283 g/mol. The van der Waals surface area contributed by atoms with E-state index in [1.165, 1.54) is 5.56 Å². The maximum Gasteiger partial charge on any atom is 0.233 e. The van der Waals surface area contributed by atoms with Gasteiger partial charge in [-0.05, 0) is 48.7 Å². The third kappa shape index (κ3) is 2.76. The van der Waals surface area contributed by atoms with E-state index in [1.54, 1.807) is 6.07 Å². The molecule has 1 heterocycles. The van der Waals surface area contributed by atoms with Gasteiger partial charge in [-0.3, -0.25) is 0 Å². The molecular formula is C17H17NO3. The van der Waals surface area contributed by atoms with Gasteiger partial charge in [-0.15, -0.1) is 0 Å². The summed E-state index contributed by atoms with van der Waals surface area (Å²) < 4.78 is 11.4. The predicted molar refractivity (Wildman–Crippen MR) is 80.2 cm³/mol. The van der Waals surface area contributed by atoms with Crippen molar-refractivity contribution in [1.82, 2.24) is 4.98 Å². The van der Waals surface area contributed by atoms with E-state index < -0.39 is 0 Å². The Morgan fingerprint density at radius 2 is 2.05 bits per heavy atom. The highest BCUT2D eigenvalue weighted by Gasteiger charge is 2.08. The zero-order valence-corrected chi connectivity index (χ0v) is 12.1. The number of nitrogens with zero attached hydrogens (tertiary/aromatic N) is 1. The lowest BCUT2D eigenvalue weighted by Crippen LogP contribution is -1.98. The number of hydrogen-bond acceptors (Lipinski definition) is 4. The molecule has 0 aliphatic carbocycles. The van der Waals surface area contributed by atoms with Crippen LogP contribution >= 0.6 is 0 Å². The quantitative estimate of drug-likeness (QED) is 0.796. The van der Waals surface area contributed by atoms with Gasteiger partial charge >= 0.3 is 0 Å². The molecular weight excluding hydrogens is 266 g/mol. The summed E-state index contributed by atoms with van der Waals surface area (Å²) in [7, 11) is 0. The Morgan fingerprint density at radius 1 is 1.19 bits per heavy atom. The van der Waals surface area contributed by atoms with E-state index in [1.807, 2.05) is 31.2 Å². The van der Waals surface area contributed by atoms with Crippen LogP contribution in [0.2, 0.25) is 0 Å². The summed E-state index contributed by atoms with van der Waals surface area (Å²) in [5, 5.41) is 9.13. The molecule has 3 aromatic rings. The van der Waals surface area contributed by atoms with Gasteiger partial charge in [0.15, 0.2) is 12.2 Å². The summed E-state index contributed by atoms with van der Waals surface area (Å²) in [6, 6.07) is 11.4. The normalized spacial score (nSPS) is 11.0. The molecule has 3 rings (SSSR count). The van der Waals surface area contributed by atoms with Gasteiger partial charge in [0.05, 0.1) is 6.61 Å². The van der Waals surface area contributed by atoms with Crippen molar-refractivity contribution in [3.63, 3.8) is 0 Å². The van der Waals surface area contributed by atoms with Crippen LogP contribution in [0.5, 0.6) is 5.75 Å². The molecule has 0 fully saturated rings. The van der Waals surface area contributed by atoms with Gasteiger partial charge < -0.3 is 14.3 Å². The van der Waals surface area contributed by atoms with Crippen molar-refractivity contribution < 1.29 is 14.3 Å². The lowest BCUT2D eigenvalue weighted by molar-refractivity contribution is 0.265. The summed E-state index contributed by atoms with van der Waals surface area (Å²) in [4.78, 5) is 4.38. The van der Waals surface area contributed by atoms with Gasteiger partial charge in [-0.2, -0.15) is 0 Å². The Balaban J connectivity index is 1.80. The summed E-state index contributed by atoms with van der Waals surface area (Å²) in [5.41, 5.74) is 4.56. The first kappa shape index (κ1) is 13.6. The predicted octanol–water partition coefficient (Wildman–Crippen LogP) is 3.52.